The minimum atomic E-state index is 0.250. The summed E-state index contributed by atoms with van der Waals surface area (Å²) in [5.74, 6) is 0.914. The van der Waals surface area contributed by atoms with Gasteiger partial charge in [0.25, 0.3) is 0 Å². The Morgan fingerprint density at radius 3 is 1.26 bits per heavy atom. The van der Waals surface area contributed by atoms with Gasteiger partial charge in [0.05, 0.1) is 0 Å². The first-order chi connectivity index (χ1) is 9.33. The largest absolute Gasteiger partial charge is 0.397 e. The number of aliphatic hydroxyl groups is 1. The van der Waals surface area contributed by atoms with Gasteiger partial charge in [-0.1, -0.05) is 77.6 Å². The van der Waals surface area contributed by atoms with Crippen molar-refractivity contribution in [1.82, 2.24) is 0 Å². The lowest BCUT2D eigenvalue weighted by molar-refractivity contribution is 0.318. The summed E-state index contributed by atoms with van der Waals surface area (Å²) in [7, 11) is 0. The predicted molar refractivity (Wildman–Crippen MR) is 88.9 cm³/mol. The summed E-state index contributed by atoms with van der Waals surface area (Å²) >= 11 is 0.983. The van der Waals surface area contributed by atoms with Gasteiger partial charge in [0.2, 0.25) is 0 Å². The first-order valence-corrected chi connectivity index (χ1v) is 9.14. The van der Waals surface area contributed by atoms with Gasteiger partial charge in [-0.2, -0.15) is 0 Å². The molecule has 0 spiro atoms. The van der Waals surface area contributed by atoms with Gasteiger partial charge < -0.3 is 9.66 Å². The van der Waals surface area contributed by atoms with E-state index in [-0.39, 0.29) is 6.61 Å². The lowest BCUT2D eigenvalue weighted by atomic mass is 10.1. The smallest absolute Gasteiger partial charge is 0.0402 e. The second-order valence-corrected chi connectivity index (χ2v) is 5.70. The molecule has 0 unspecified atom stereocenters. The third-order valence-electron chi connectivity index (χ3n) is 3.09. The Hall–Kier alpha value is 0.270. The lowest BCUT2D eigenvalue weighted by Gasteiger charge is -2.02. The molecule has 3 heteroatoms. The summed E-state index contributed by atoms with van der Waals surface area (Å²) in [6.07, 6.45) is 16.6. The molecule has 0 aliphatic carbocycles. The van der Waals surface area contributed by atoms with Crippen molar-refractivity contribution in [3.63, 3.8) is 0 Å². The second kappa shape index (κ2) is 23.4. The molecule has 0 radical (unpaired) electrons. The number of aliphatic hydroxyl groups excluding tert-OH is 1. The van der Waals surface area contributed by atoms with Gasteiger partial charge in [-0.25, -0.2) is 0 Å². The molecule has 0 fully saturated rings. The quantitative estimate of drug-likeness (QED) is 0.328. The van der Waals surface area contributed by atoms with Crippen LogP contribution in [0.15, 0.2) is 0 Å². The molecule has 0 aromatic heterocycles. The monoisotopic (exact) mass is 292 g/mol. The zero-order chi connectivity index (χ0) is 14.6. The van der Waals surface area contributed by atoms with E-state index in [0.717, 1.165) is 17.8 Å². The average molecular weight is 293 g/mol. The van der Waals surface area contributed by atoms with Crippen molar-refractivity contribution in [2.24, 2.45) is 0 Å². The summed E-state index contributed by atoms with van der Waals surface area (Å²) in [4.78, 5) is 0. The molecule has 0 bridgehead atoms. The minimum absolute atomic E-state index is 0.250. The number of hydrogen-bond donors (Lipinski definition) is 2. The Morgan fingerprint density at radius 2 is 0.947 bits per heavy atom. The second-order valence-electron chi connectivity index (χ2n) is 5.04. The molecule has 0 aromatic rings. The number of unbranched alkanes of at least 4 members (excludes halogenated alkanes) is 11. The number of rotatable bonds is 13. The van der Waals surface area contributed by atoms with E-state index in [4.69, 9.17) is 9.66 Å². The summed E-state index contributed by atoms with van der Waals surface area (Å²) in [6.45, 7) is 4.20. The average Bonchev–Trinajstić information content (AvgIpc) is 2.41. The van der Waals surface area contributed by atoms with Gasteiger partial charge in [-0.15, -0.1) is 0 Å². The van der Waals surface area contributed by atoms with Crippen molar-refractivity contribution in [1.29, 1.82) is 0 Å². The van der Waals surface area contributed by atoms with Crippen molar-refractivity contribution in [3.8, 4) is 0 Å². The molecule has 0 saturated heterocycles. The molecule has 0 aliphatic heterocycles. The minimum Gasteiger partial charge on any atom is -0.397 e. The summed E-state index contributed by atoms with van der Waals surface area (Å²) in [5.41, 5.74) is 0. The molecule has 0 rings (SSSR count). The summed E-state index contributed by atoms with van der Waals surface area (Å²) in [5, 5.41) is 7.57. The van der Waals surface area contributed by atoms with Gasteiger partial charge in [-0.3, -0.25) is 0 Å². The molecule has 0 aliphatic rings. The molecule has 0 atom stereocenters. The van der Waals surface area contributed by atoms with E-state index in [1.54, 1.807) is 6.92 Å². The van der Waals surface area contributed by atoms with E-state index >= 15 is 0 Å². The van der Waals surface area contributed by atoms with Crippen LogP contribution in [0.5, 0.6) is 0 Å². The van der Waals surface area contributed by atoms with Crippen LogP contribution in [0.4, 0.5) is 0 Å². The molecule has 2 N–H and O–H groups in total. The normalized spacial score (nSPS) is 10.1. The summed E-state index contributed by atoms with van der Waals surface area (Å²) in [6, 6.07) is 0. The highest BCUT2D eigenvalue weighted by molar-refractivity contribution is 7.93. The zero-order valence-electron chi connectivity index (χ0n) is 13.2. The highest BCUT2D eigenvalue weighted by Gasteiger charge is 1.93. The van der Waals surface area contributed by atoms with Gasteiger partial charge in [0.15, 0.2) is 0 Å². The Bertz CT molecular complexity index is 118. The fraction of sp³-hybridized carbons (Fsp3) is 1.00. The predicted octanol–water partition coefficient (Wildman–Crippen LogP) is 5.89. The highest BCUT2D eigenvalue weighted by atomic mass is 32.2. The first kappa shape index (κ1) is 21.6. The molecule has 0 heterocycles. The first-order valence-electron chi connectivity index (χ1n) is 8.20. The van der Waals surface area contributed by atoms with Crippen LogP contribution in [-0.4, -0.2) is 22.0 Å². The van der Waals surface area contributed by atoms with E-state index in [0.29, 0.717) is 0 Å². The standard InChI is InChI=1S/C14H30OS.C2H6O/c1-2-3-4-5-6-7-8-9-10-11-12-13-14-16-15;1-2-3/h15H,2-14H2,1H3;3H,2H2,1H3. The Labute approximate surface area is 125 Å². The van der Waals surface area contributed by atoms with Gasteiger partial charge >= 0.3 is 0 Å². The third-order valence-corrected chi connectivity index (χ3v) is 3.56. The van der Waals surface area contributed by atoms with E-state index < -0.39 is 0 Å². The SMILES string of the molecule is CCCCCCCCCCCCCCSO.CCO. The molecule has 0 aromatic carbocycles. The van der Waals surface area contributed by atoms with Crippen LogP contribution in [0.2, 0.25) is 0 Å². The molecule has 0 saturated carbocycles. The lowest BCUT2D eigenvalue weighted by Crippen LogP contribution is -1.83. The Kier molecular flexibility index (Phi) is 26.5. The van der Waals surface area contributed by atoms with Crippen LogP contribution < -0.4 is 0 Å². The van der Waals surface area contributed by atoms with Crippen molar-refractivity contribution in [3.05, 3.63) is 0 Å². The van der Waals surface area contributed by atoms with Crippen molar-refractivity contribution >= 4 is 12.0 Å². The van der Waals surface area contributed by atoms with Gasteiger partial charge in [0.1, 0.15) is 0 Å². The topological polar surface area (TPSA) is 40.5 Å². The molecule has 2 nitrogen and oxygen atoms in total. The van der Waals surface area contributed by atoms with Crippen LogP contribution in [0.3, 0.4) is 0 Å². The van der Waals surface area contributed by atoms with Crippen molar-refractivity contribution in [2.45, 2.75) is 90.9 Å². The molecule has 118 valence electrons. The maximum absolute atomic E-state index is 8.54. The Morgan fingerprint density at radius 1 is 0.632 bits per heavy atom. The highest BCUT2D eigenvalue weighted by Crippen LogP contribution is 2.12. The molecule has 0 amide bonds. The maximum atomic E-state index is 8.54. The zero-order valence-corrected chi connectivity index (χ0v) is 14.0. The van der Waals surface area contributed by atoms with Crippen LogP contribution >= 0.6 is 12.0 Å². The Balaban J connectivity index is 0. The van der Waals surface area contributed by atoms with E-state index in [2.05, 4.69) is 6.92 Å². The van der Waals surface area contributed by atoms with Crippen LogP contribution in [-0.2, 0) is 0 Å². The summed E-state index contributed by atoms with van der Waals surface area (Å²) < 4.78 is 8.54. The third kappa shape index (κ3) is 27.5. The van der Waals surface area contributed by atoms with Gasteiger partial charge in [-0.05, 0) is 25.4 Å². The van der Waals surface area contributed by atoms with E-state index in [1.807, 2.05) is 0 Å². The van der Waals surface area contributed by atoms with Gasteiger partial charge in [0, 0.05) is 12.4 Å². The van der Waals surface area contributed by atoms with E-state index in [9.17, 15) is 0 Å². The van der Waals surface area contributed by atoms with Crippen molar-refractivity contribution in [2.75, 3.05) is 12.4 Å². The van der Waals surface area contributed by atoms with Crippen LogP contribution in [0.1, 0.15) is 90.9 Å². The fourth-order valence-corrected chi connectivity index (χ4v) is 2.34. The molecule has 19 heavy (non-hydrogen) atoms. The maximum Gasteiger partial charge on any atom is 0.0402 e. The number of hydrogen-bond acceptors (Lipinski definition) is 3. The molecular formula is C16H36O2S. The van der Waals surface area contributed by atoms with Crippen molar-refractivity contribution < 1.29 is 9.66 Å². The van der Waals surface area contributed by atoms with Crippen LogP contribution in [0, 0.1) is 0 Å². The fourth-order valence-electron chi connectivity index (χ4n) is 2.01. The molecular weight excluding hydrogens is 256 g/mol. The van der Waals surface area contributed by atoms with E-state index in [1.165, 1.54) is 77.0 Å². The van der Waals surface area contributed by atoms with Crippen LogP contribution in [0.25, 0.3) is 0 Å².